The van der Waals surface area contributed by atoms with Crippen LogP contribution in [0.1, 0.15) is 12.8 Å². The molecule has 0 nitrogen and oxygen atoms in total. The van der Waals surface area contributed by atoms with Gasteiger partial charge in [-0.25, -0.2) is 0 Å². The molecule has 5 rings (SSSR count). The summed E-state index contributed by atoms with van der Waals surface area (Å²) in [5.74, 6) is 4.36. The molecule has 0 aromatic heterocycles. The predicted octanol–water partition coefficient (Wildman–Crippen LogP) is 4.09. The SMILES string of the molecule is Clc1ccc(SC2C3CC4C(C3)C42)cc1. The normalized spacial score (nSPS) is 44.7. The van der Waals surface area contributed by atoms with Crippen molar-refractivity contribution in [1.82, 2.24) is 0 Å². The van der Waals surface area contributed by atoms with Crippen LogP contribution in [0.25, 0.3) is 0 Å². The number of hydrogen-bond acceptors (Lipinski definition) is 1. The highest BCUT2D eigenvalue weighted by molar-refractivity contribution is 8.00. The van der Waals surface area contributed by atoms with Gasteiger partial charge in [0, 0.05) is 15.2 Å². The van der Waals surface area contributed by atoms with E-state index >= 15 is 0 Å². The second-order valence-corrected chi connectivity index (χ2v) is 6.86. The molecule has 4 bridgehead atoms. The summed E-state index contributed by atoms with van der Waals surface area (Å²) < 4.78 is 0. The van der Waals surface area contributed by atoms with Gasteiger partial charge >= 0.3 is 0 Å². The Labute approximate surface area is 99.4 Å². The van der Waals surface area contributed by atoms with E-state index in [1.54, 1.807) is 0 Å². The number of hydrogen-bond donors (Lipinski definition) is 0. The monoisotopic (exact) mass is 236 g/mol. The molecule has 0 N–H and O–H groups in total. The molecule has 3 atom stereocenters. The van der Waals surface area contributed by atoms with Crippen LogP contribution in [0.2, 0.25) is 5.02 Å². The quantitative estimate of drug-likeness (QED) is 0.746. The summed E-state index contributed by atoms with van der Waals surface area (Å²) in [4.78, 5) is 1.41. The van der Waals surface area contributed by atoms with Crippen LogP contribution in [0.5, 0.6) is 0 Å². The molecule has 1 aromatic carbocycles. The van der Waals surface area contributed by atoms with Crippen LogP contribution >= 0.6 is 23.4 Å². The zero-order valence-corrected chi connectivity index (χ0v) is 9.97. The molecule has 78 valence electrons. The van der Waals surface area contributed by atoms with Crippen molar-refractivity contribution in [1.29, 1.82) is 0 Å². The molecule has 2 heteroatoms. The topological polar surface area (TPSA) is 0 Å². The van der Waals surface area contributed by atoms with Crippen LogP contribution < -0.4 is 0 Å². The van der Waals surface area contributed by atoms with Crippen molar-refractivity contribution in [2.45, 2.75) is 23.0 Å². The summed E-state index contributed by atoms with van der Waals surface area (Å²) in [6.07, 6.45) is 3.06. The van der Waals surface area contributed by atoms with Gasteiger partial charge in [-0.15, -0.1) is 11.8 Å². The van der Waals surface area contributed by atoms with E-state index in [2.05, 4.69) is 23.9 Å². The molecule has 0 amide bonds. The summed E-state index contributed by atoms with van der Waals surface area (Å²) in [6, 6.07) is 8.35. The number of thioether (sulfide) groups is 1. The minimum atomic E-state index is 0.847. The summed E-state index contributed by atoms with van der Waals surface area (Å²) >= 11 is 7.99. The van der Waals surface area contributed by atoms with Crippen LogP contribution in [0.4, 0.5) is 0 Å². The number of rotatable bonds is 2. The van der Waals surface area contributed by atoms with Gasteiger partial charge in [0.1, 0.15) is 0 Å². The molecule has 0 heterocycles. The zero-order chi connectivity index (χ0) is 9.99. The Morgan fingerprint density at radius 1 is 1.07 bits per heavy atom. The van der Waals surface area contributed by atoms with Crippen LogP contribution in [-0.2, 0) is 0 Å². The van der Waals surface area contributed by atoms with Crippen molar-refractivity contribution < 1.29 is 0 Å². The lowest BCUT2D eigenvalue weighted by molar-refractivity contribution is 0.615. The Balaban J connectivity index is 1.55. The maximum Gasteiger partial charge on any atom is 0.0406 e. The highest BCUT2D eigenvalue weighted by Gasteiger charge is 2.68. The molecular formula is C13H13ClS. The zero-order valence-electron chi connectivity index (χ0n) is 8.40. The van der Waals surface area contributed by atoms with Gasteiger partial charge in [0.05, 0.1) is 0 Å². The van der Waals surface area contributed by atoms with Crippen molar-refractivity contribution in [3.63, 3.8) is 0 Å². The van der Waals surface area contributed by atoms with E-state index in [1.165, 1.54) is 17.7 Å². The van der Waals surface area contributed by atoms with Crippen molar-refractivity contribution in [3.8, 4) is 0 Å². The smallest absolute Gasteiger partial charge is 0.0406 e. The Morgan fingerprint density at radius 2 is 1.73 bits per heavy atom. The second kappa shape index (κ2) is 2.95. The summed E-state index contributed by atoms with van der Waals surface area (Å²) in [5, 5.41) is 1.78. The van der Waals surface area contributed by atoms with Crippen molar-refractivity contribution in [2.75, 3.05) is 0 Å². The molecular weight excluding hydrogens is 224 g/mol. The highest BCUT2D eigenvalue weighted by atomic mass is 35.5. The highest BCUT2D eigenvalue weighted by Crippen LogP contribution is 2.73. The van der Waals surface area contributed by atoms with Crippen LogP contribution in [0.15, 0.2) is 29.2 Å². The van der Waals surface area contributed by atoms with Crippen LogP contribution in [0.3, 0.4) is 0 Å². The van der Waals surface area contributed by atoms with Crippen molar-refractivity contribution in [3.05, 3.63) is 29.3 Å². The first kappa shape index (κ1) is 8.95. The molecule has 4 aliphatic carbocycles. The van der Waals surface area contributed by atoms with E-state index < -0.39 is 0 Å². The Kier molecular flexibility index (Phi) is 1.76. The fourth-order valence-electron chi connectivity index (χ4n) is 3.85. The largest absolute Gasteiger partial charge is 0.122 e. The van der Waals surface area contributed by atoms with Crippen molar-refractivity contribution >= 4 is 23.4 Å². The lowest BCUT2D eigenvalue weighted by atomic mass is 10.1. The molecule has 3 unspecified atom stereocenters. The van der Waals surface area contributed by atoms with Crippen LogP contribution in [0, 0.1) is 23.7 Å². The van der Waals surface area contributed by atoms with Gasteiger partial charge in [-0.05, 0) is 60.8 Å². The van der Waals surface area contributed by atoms with Gasteiger partial charge < -0.3 is 0 Å². The first-order valence-corrected chi connectivity index (χ1v) is 7.01. The molecule has 4 saturated carbocycles. The van der Waals surface area contributed by atoms with E-state index in [0.717, 1.165) is 33.9 Å². The molecule has 4 fully saturated rings. The van der Waals surface area contributed by atoms with Gasteiger partial charge in [0.2, 0.25) is 0 Å². The lowest BCUT2D eigenvalue weighted by Crippen LogP contribution is -2.06. The second-order valence-electron chi connectivity index (χ2n) is 5.17. The van der Waals surface area contributed by atoms with Gasteiger partial charge in [-0.2, -0.15) is 0 Å². The molecule has 15 heavy (non-hydrogen) atoms. The van der Waals surface area contributed by atoms with Gasteiger partial charge in [-0.3, -0.25) is 0 Å². The summed E-state index contributed by atoms with van der Waals surface area (Å²) in [7, 11) is 0. The third-order valence-electron chi connectivity index (χ3n) is 4.48. The fourth-order valence-corrected chi connectivity index (χ4v) is 5.56. The third-order valence-corrected chi connectivity index (χ3v) is 6.25. The van der Waals surface area contributed by atoms with E-state index in [0.29, 0.717) is 0 Å². The lowest BCUT2D eigenvalue weighted by Gasteiger charge is -2.13. The van der Waals surface area contributed by atoms with Crippen LogP contribution in [-0.4, -0.2) is 5.25 Å². The average molecular weight is 237 g/mol. The summed E-state index contributed by atoms with van der Waals surface area (Å²) in [5.41, 5.74) is 0. The minimum absolute atomic E-state index is 0.847. The van der Waals surface area contributed by atoms with Crippen molar-refractivity contribution in [2.24, 2.45) is 23.7 Å². The van der Waals surface area contributed by atoms with E-state index in [4.69, 9.17) is 11.6 Å². The Hall–Kier alpha value is -0.140. The molecule has 0 aliphatic heterocycles. The van der Waals surface area contributed by atoms with Gasteiger partial charge in [-0.1, -0.05) is 11.6 Å². The molecule has 4 aliphatic rings. The number of halogens is 1. The molecule has 0 spiro atoms. The number of benzene rings is 1. The first-order valence-electron chi connectivity index (χ1n) is 5.75. The van der Waals surface area contributed by atoms with E-state index in [9.17, 15) is 0 Å². The minimum Gasteiger partial charge on any atom is -0.122 e. The Morgan fingerprint density at radius 3 is 2.27 bits per heavy atom. The first-order chi connectivity index (χ1) is 7.33. The molecule has 0 saturated heterocycles. The van der Waals surface area contributed by atoms with E-state index in [1.807, 2.05) is 12.1 Å². The maximum absolute atomic E-state index is 5.89. The fraction of sp³-hybridized carbons (Fsp3) is 0.538. The Bertz CT molecular complexity index is 386. The van der Waals surface area contributed by atoms with Gasteiger partial charge in [0.25, 0.3) is 0 Å². The summed E-state index contributed by atoms with van der Waals surface area (Å²) in [6.45, 7) is 0. The molecule has 1 aromatic rings. The molecule has 0 radical (unpaired) electrons. The standard InChI is InChI=1S/C13H13ClS/c14-8-1-3-9(4-2-8)15-13-7-5-10-11(6-7)12(10)13/h1-4,7,10-13H,5-6H2. The maximum atomic E-state index is 5.89. The predicted molar refractivity (Wildman–Crippen MR) is 64.3 cm³/mol. The average Bonchev–Trinajstić information content (AvgIpc) is 2.64. The van der Waals surface area contributed by atoms with E-state index in [-0.39, 0.29) is 0 Å². The third kappa shape index (κ3) is 1.23. The van der Waals surface area contributed by atoms with Gasteiger partial charge in [0.15, 0.2) is 0 Å².